The van der Waals surface area contributed by atoms with Gasteiger partial charge in [0, 0.05) is 5.02 Å². The first kappa shape index (κ1) is 24.2. The number of hydrogen-bond acceptors (Lipinski definition) is 6. The van der Waals surface area contributed by atoms with Gasteiger partial charge in [-0.25, -0.2) is 4.90 Å². The van der Waals surface area contributed by atoms with Gasteiger partial charge >= 0.3 is 0 Å². The highest BCUT2D eigenvalue weighted by molar-refractivity contribution is 9.10. The summed E-state index contributed by atoms with van der Waals surface area (Å²) in [6.45, 7) is 0.323. The number of halogens is 2. The van der Waals surface area contributed by atoms with Gasteiger partial charge in [0.2, 0.25) is 0 Å². The lowest BCUT2D eigenvalue weighted by Gasteiger charge is -2.15. The van der Waals surface area contributed by atoms with Gasteiger partial charge in [-0.05, 0) is 81.3 Å². The topological polar surface area (TPSA) is 65.1 Å². The Balaban J connectivity index is 1.59. The minimum Gasteiger partial charge on any atom is -0.495 e. The number of rotatable bonds is 7. The molecule has 3 aromatic carbocycles. The molecule has 9 heteroatoms. The molecule has 0 radical (unpaired) electrons. The first-order valence-corrected chi connectivity index (χ1v) is 12.1. The maximum Gasteiger partial charge on any atom is 0.298 e. The van der Waals surface area contributed by atoms with Crippen molar-refractivity contribution in [3.8, 4) is 17.2 Å². The molecule has 174 valence electrons. The molecule has 0 aromatic heterocycles. The van der Waals surface area contributed by atoms with Gasteiger partial charge < -0.3 is 14.2 Å². The third-order valence-corrected chi connectivity index (χ3v) is 6.68. The van der Waals surface area contributed by atoms with Crippen molar-refractivity contribution in [2.24, 2.45) is 0 Å². The van der Waals surface area contributed by atoms with Crippen molar-refractivity contribution in [1.29, 1.82) is 0 Å². The number of benzene rings is 3. The number of nitrogens with zero attached hydrogens (tertiary/aromatic N) is 1. The first-order chi connectivity index (χ1) is 16.4. The molecule has 0 spiro atoms. The number of hydrogen-bond donors (Lipinski definition) is 0. The third-order valence-electron chi connectivity index (χ3n) is 4.97. The quantitative estimate of drug-likeness (QED) is 0.292. The van der Waals surface area contributed by atoms with E-state index >= 15 is 0 Å². The summed E-state index contributed by atoms with van der Waals surface area (Å²) >= 11 is 10.3. The number of amides is 2. The Kier molecular flexibility index (Phi) is 7.50. The highest BCUT2D eigenvalue weighted by atomic mass is 79.9. The Hall–Kier alpha value is -2.94. The molecule has 6 nitrogen and oxygen atoms in total. The van der Waals surface area contributed by atoms with Crippen LogP contribution in [0.1, 0.15) is 11.1 Å². The molecule has 34 heavy (non-hydrogen) atoms. The Morgan fingerprint density at radius 2 is 1.71 bits per heavy atom. The predicted octanol–water partition coefficient (Wildman–Crippen LogP) is 6.94. The lowest BCUT2D eigenvalue weighted by atomic mass is 10.1. The van der Waals surface area contributed by atoms with Gasteiger partial charge in [0.15, 0.2) is 11.5 Å². The van der Waals surface area contributed by atoms with E-state index in [2.05, 4.69) is 15.9 Å². The zero-order valence-corrected chi connectivity index (χ0v) is 21.4. The van der Waals surface area contributed by atoms with Gasteiger partial charge in [-0.2, -0.15) is 0 Å². The van der Waals surface area contributed by atoms with Crippen LogP contribution in [0.5, 0.6) is 17.2 Å². The lowest BCUT2D eigenvalue weighted by Crippen LogP contribution is -2.28. The van der Waals surface area contributed by atoms with E-state index in [0.717, 1.165) is 22.2 Å². The normalized spacial score (nSPS) is 14.6. The van der Waals surface area contributed by atoms with E-state index in [0.29, 0.717) is 49.5 Å². The summed E-state index contributed by atoms with van der Waals surface area (Å²) in [5.74, 6) is 1.03. The molecule has 1 aliphatic rings. The van der Waals surface area contributed by atoms with Crippen LogP contribution in [-0.4, -0.2) is 25.4 Å². The highest BCUT2D eigenvalue weighted by Crippen LogP contribution is 2.42. The van der Waals surface area contributed by atoms with Crippen molar-refractivity contribution in [3.05, 3.63) is 86.2 Å². The monoisotopic (exact) mass is 559 g/mol. The second-order valence-electron chi connectivity index (χ2n) is 7.14. The van der Waals surface area contributed by atoms with Gasteiger partial charge in [-0.15, -0.1) is 0 Å². The third kappa shape index (κ3) is 5.09. The number of carbonyl (C=O) groups is 2. The molecule has 0 N–H and O–H groups in total. The molecular weight excluding hydrogens is 542 g/mol. The molecule has 3 aromatic rings. The van der Waals surface area contributed by atoms with Crippen LogP contribution in [-0.2, 0) is 11.4 Å². The van der Waals surface area contributed by atoms with Gasteiger partial charge in [0.1, 0.15) is 12.4 Å². The molecule has 0 saturated carbocycles. The smallest absolute Gasteiger partial charge is 0.298 e. The fourth-order valence-corrected chi connectivity index (χ4v) is 4.88. The van der Waals surface area contributed by atoms with Crippen LogP contribution in [0.2, 0.25) is 5.02 Å². The van der Waals surface area contributed by atoms with Crippen LogP contribution < -0.4 is 19.1 Å². The van der Waals surface area contributed by atoms with E-state index < -0.39 is 11.1 Å². The molecule has 2 amide bonds. The van der Waals surface area contributed by atoms with Crippen molar-refractivity contribution >= 4 is 62.2 Å². The largest absolute Gasteiger partial charge is 0.495 e. The van der Waals surface area contributed by atoms with Gasteiger partial charge in [-0.1, -0.05) is 35.9 Å². The second-order valence-corrected chi connectivity index (χ2v) is 9.42. The molecule has 4 rings (SSSR count). The van der Waals surface area contributed by atoms with Crippen LogP contribution in [0.15, 0.2) is 70.0 Å². The summed E-state index contributed by atoms with van der Waals surface area (Å²) in [6.07, 6.45) is 1.65. The molecule has 0 atom stereocenters. The van der Waals surface area contributed by atoms with Crippen molar-refractivity contribution in [3.63, 3.8) is 0 Å². The number of anilines is 1. The van der Waals surface area contributed by atoms with Crippen LogP contribution in [0.3, 0.4) is 0 Å². The van der Waals surface area contributed by atoms with Crippen LogP contribution in [0.4, 0.5) is 10.5 Å². The molecule has 0 bridgehead atoms. The molecular formula is C25H19BrClNO5S. The van der Waals surface area contributed by atoms with Gasteiger partial charge in [0.05, 0.1) is 29.3 Å². The minimum atomic E-state index is -0.419. The maximum atomic E-state index is 13.1. The van der Waals surface area contributed by atoms with E-state index in [4.69, 9.17) is 25.8 Å². The number of carbonyl (C=O) groups excluding carboxylic acids is 2. The maximum absolute atomic E-state index is 13.1. The zero-order chi connectivity index (χ0) is 24.2. The summed E-state index contributed by atoms with van der Waals surface area (Å²) in [5.41, 5.74) is 2.03. The van der Waals surface area contributed by atoms with Crippen LogP contribution in [0, 0.1) is 0 Å². The highest BCUT2D eigenvalue weighted by Gasteiger charge is 2.37. The summed E-state index contributed by atoms with van der Waals surface area (Å²) < 4.78 is 17.4. The van der Waals surface area contributed by atoms with E-state index in [9.17, 15) is 9.59 Å². The number of thioether (sulfide) groups is 1. The van der Waals surface area contributed by atoms with E-state index in [-0.39, 0.29) is 0 Å². The first-order valence-electron chi connectivity index (χ1n) is 10.1. The number of imide groups is 1. The summed E-state index contributed by atoms with van der Waals surface area (Å²) in [6, 6.07) is 17.8. The number of para-hydroxylation sites is 2. The van der Waals surface area contributed by atoms with Crippen LogP contribution >= 0.6 is 39.3 Å². The standard InChI is InChI=1S/C25H19BrClNO5S/c1-31-20-6-4-3-5-19(20)28-24(29)22(34-25(28)30)13-16-11-18(26)23(21(12-16)32-2)33-14-15-7-9-17(27)10-8-15/h3-13H,14H2,1-2H3/b22-13-. The Labute approximate surface area is 214 Å². The predicted molar refractivity (Wildman–Crippen MR) is 138 cm³/mol. The zero-order valence-electron chi connectivity index (χ0n) is 18.2. The van der Waals surface area contributed by atoms with Crippen LogP contribution in [0.25, 0.3) is 6.08 Å². The summed E-state index contributed by atoms with van der Waals surface area (Å²) in [4.78, 5) is 27.1. The minimum absolute atomic E-state index is 0.291. The Morgan fingerprint density at radius 1 is 1.00 bits per heavy atom. The molecule has 1 heterocycles. The Morgan fingerprint density at radius 3 is 2.41 bits per heavy atom. The molecule has 0 unspecified atom stereocenters. The average Bonchev–Trinajstić information content (AvgIpc) is 3.11. The van der Waals surface area contributed by atoms with E-state index in [1.807, 2.05) is 12.1 Å². The molecule has 0 aliphatic carbocycles. The SMILES string of the molecule is COc1ccccc1N1C(=O)S/C(=C\c2cc(Br)c(OCc3ccc(Cl)cc3)c(OC)c2)C1=O. The van der Waals surface area contributed by atoms with E-state index in [1.165, 1.54) is 14.2 Å². The second kappa shape index (κ2) is 10.5. The Bertz CT molecular complexity index is 1280. The van der Waals surface area contributed by atoms with Gasteiger partial charge in [0.25, 0.3) is 11.1 Å². The van der Waals surface area contributed by atoms with Crippen molar-refractivity contribution in [2.45, 2.75) is 6.61 Å². The number of methoxy groups -OCH3 is 2. The van der Waals surface area contributed by atoms with Crippen molar-refractivity contribution in [1.82, 2.24) is 0 Å². The van der Waals surface area contributed by atoms with Gasteiger partial charge in [-0.3, -0.25) is 9.59 Å². The molecule has 1 saturated heterocycles. The molecule has 1 aliphatic heterocycles. The summed E-state index contributed by atoms with van der Waals surface area (Å²) in [7, 11) is 3.03. The number of ether oxygens (including phenoxy) is 3. The van der Waals surface area contributed by atoms with E-state index in [1.54, 1.807) is 54.6 Å². The fourth-order valence-electron chi connectivity index (χ4n) is 3.34. The fraction of sp³-hybridized carbons (Fsp3) is 0.120. The molecule has 1 fully saturated rings. The lowest BCUT2D eigenvalue weighted by molar-refractivity contribution is -0.113. The van der Waals surface area contributed by atoms with Crippen molar-refractivity contribution in [2.75, 3.05) is 19.1 Å². The average molecular weight is 561 g/mol. The summed E-state index contributed by atoms with van der Waals surface area (Å²) in [5, 5.41) is 0.261. The van der Waals surface area contributed by atoms with Crippen molar-refractivity contribution < 1.29 is 23.8 Å².